The van der Waals surface area contributed by atoms with Gasteiger partial charge in [0.1, 0.15) is 5.75 Å². The molecule has 0 aliphatic carbocycles. The van der Waals surface area contributed by atoms with E-state index < -0.39 is 0 Å². The summed E-state index contributed by atoms with van der Waals surface area (Å²) in [5, 5.41) is 2.23. The molecular weight excluding hydrogens is 279 g/mol. The van der Waals surface area contributed by atoms with E-state index in [4.69, 9.17) is 4.74 Å². The van der Waals surface area contributed by atoms with Gasteiger partial charge in [-0.1, -0.05) is 32.3 Å². The predicted molar refractivity (Wildman–Crippen MR) is 91.2 cm³/mol. The summed E-state index contributed by atoms with van der Waals surface area (Å²) in [4.78, 5) is 11.9. The average Bonchev–Trinajstić information content (AvgIpc) is 2.40. The third-order valence-corrected chi connectivity index (χ3v) is 4.79. The number of aryl methyl sites for hydroxylation is 3. The molecule has 0 heterocycles. The topological polar surface area (TPSA) is 26.3 Å². The minimum Gasteiger partial charge on any atom is -0.496 e. The van der Waals surface area contributed by atoms with Crippen molar-refractivity contribution in [1.29, 1.82) is 0 Å². The molecule has 21 heavy (non-hydrogen) atoms. The van der Waals surface area contributed by atoms with Gasteiger partial charge >= 0.3 is 0 Å². The largest absolute Gasteiger partial charge is 0.496 e. The van der Waals surface area contributed by atoms with Crippen molar-refractivity contribution in [2.24, 2.45) is 0 Å². The molecule has 0 N–H and O–H groups in total. The first kappa shape index (κ1) is 15.7. The number of Topliss-reactive ketones (excluding diaryl/α,β-unsaturated/α-hetero) is 1. The van der Waals surface area contributed by atoms with Crippen LogP contribution < -0.4 is 15.3 Å². The van der Waals surface area contributed by atoms with Crippen LogP contribution in [0.1, 0.15) is 34.0 Å². The van der Waals surface area contributed by atoms with Crippen molar-refractivity contribution in [3.63, 3.8) is 0 Å². The van der Waals surface area contributed by atoms with Gasteiger partial charge in [-0.2, -0.15) is 0 Å². The molecule has 0 saturated heterocycles. The van der Waals surface area contributed by atoms with Gasteiger partial charge < -0.3 is 4.74 Å². The molecule has 0 aliphatic rings. The van der Waals surface area contributed by atoms with Crippen LogP contribution in [0.4, 0.5) is 0 Å². The molecule has 110 valence electrons. The standard InChI is InChI=1S/C18H21O2P/c1-11-6-7-16(15(9-11)14(4)19)21-17-10-12(2)8-13(3)18(17)20-5/h6-10,21H,1-5H3. The molecule has 0 fully saturated rings. The van der Waals surface area contributed by atoms with E-state index >= 15 is 0 Å². The number of methoxy groups -OCH3 is 1. The Hall–Kier alpha value is -1.66. The van der Waals surface area contributed by atoms with E-state index in [1.807, 2.05) is 13.0 Å². The molecule has 1 unspecified atom stereocenters. The highest BCUT2D eigenvalue weighted by atomic mass is 31.1. The molecule has 0 spiro atoms. The van der Waals surface area contributed by atoms with E-state index in [2.05, 4.69) is 38.1 Å². The third kappa shape index (κ3) is 3.51. The molecule has 0 amide bonds. The molecule has 2 aromatic carbocycles. The third-order valence-electron chi connectivity index (χ3n) is 3.45. The molecule has 0 bridgehead atoms. The van der Waals surface area contributed by atoms with Crippen molar-refractivity contribution < 1.29 is 9.53 Å². The molecule has 0 aromatic heterocycles. The lowest BCUT2D eigenvalue weighted by atomic mass is 10.1. The van der Waals surface area contributed by atoms with Crippen molar-refractivity contribution in [2.45, 2.75) is 27.7 Å². The van der Waals surface area contributed by atoms with Gasteiger partial charge in [0.05, 0.1) is 7.11 Å². The molecular formula is C18H21O2P. The summed E-state index contributed by atoms with van der Waals surface area (Å²) in [5.41, 5.74) is 4.28. The van der Waals surface area contributed by atoms with E-state index in [1.165, 1.54) is 5.56 Å². The first-order valence-corrected chi connectivity index (χ1v) is 7.96. The maximum absolute atomic E-state index is 11.9. The van der Waals surface area contributed by atoms with E-state index in [9.17, 15) is 4.79 Å². The fraction of sp³-hybridized carbons (Fsp3) is 0.278. The number of ketones is 1. The molecule has 0 aliphatic heterocycles. The normalized spacial score (nSPS) is 11.1. The lowest BCUT2D eigenvalue weighted by Gasteiger charge is -2.14. The summed E-state index contributed by atoms with van der Waals surface area (Å²) in [6.45, 7) is 7.78. The van der Waals surface area contributed by atoms with Crippen LogP contribution in [0, 0.1) is 20.8 Å². The zero-order valence-corrected chi connectivity index (χ0v) is 14.2. The summed E-state index contributed by atoms with van der Waals surface area (Å²) in [6, 6.07) is 10.4. The summed E-state index contributed by atoms with van der Waals surface area (Å²) < 4.78 is 5.55. The Balaban J connectivity index is 2.50. The van der Waals surface area contributed by atoms with E-state index in [0.29, 0.717) is 8.58 Å². The van der Waals surface area contributed by atoms with Gasteiger partial charge in [0, 0.05) is 10.9 Å². The van der Waals surface area contributed by atoms with Gasteiger partial charge in [-0.05, 0) is 56.3 Å². The Morgan fingerprint density at radius 2 is 1.71 bits per heavy atom. The number of benzene rings is 2. The molecule has 2 aromatic rings. The van der Waals surface area contributed by atoms with E-state index in [1.54, 1.807) is 14.0 Å². The van der Waals surface area contributed by atoms with Crippen LogP contribution in [0.3, 0.4) is 0 Å². The summed E-state index contributed by atoms with van der Waals surface area (Å²) in [6.07, 6.45) is 0. The highest BCUT2D eigenvalue weighted by molar-refractivity contribution is 7.56. The monoisotopic (exact) mass is 300 g/mol. The van der Waals surface area contributed by atoms with E-state index in [0.717, 1.165) is 33.0 Å². The van der Waals surface area contributed by atoms with Crippen molar-refractivity contribution in [3.8, 4) is 5.75 Å². The second-order valence-corrected chi connectivity index (χ2v) is 6.72. The number of rotatable bonds is 4. The zero-order valence-electron chi connectivity index (χ0n) is 13.2. The van der Waals surface area contributed by atoms with Crippen LogP contribution >= 0.6 is 8.58 Å². The van der Waals surface area contributed by atoms with E-state index in [-0.39, 0.29) is 5.78 Å². The smallest absolute Gasteiger partial charge is 0.160 e. The quantitative estimate of drug-likeness (QED) is 0.638. The highest BCUT2D eigenvalue weighted by Crippen LogP contribution is 2.25. The maximum atomic E-state index is 11.9. The Kier molecular flexibility index (Phi) is 4.80. The first-order chi connectivity index (χ1) is 9.92. The van der Waals surface area contributed by atoms with Crippen molar-refractivity contribution in [3.05, 3.63) is 52.6 Å². The summed E-state index contributed by atoms with van der Waals surface area (Å²) in [5.74, 6) is 1.04. The van der Waals surface area contributed by atoms with Crippen molar-refractivity contribution in [2.75, 3.05) is 7.11 Å². The highest BCUT2D eigenvalue weighted by Gasteiger charge is 2.13. The van der Waals surface area contributed by atoms with Gasteiger partial charge in [0.25, 0.3) is 0 Å². The van der Waals surface area contributed by atoms with Gasteiger partial charge in [-0.25, -0.2) is 0 Å². The van der Waals surface area contributed by atoms with Crippen LogP contribution in [0.5, 0.6) is 5.75 Å². The van der Waals surface area contributed by atoms with Crippen molar-refractivity contribution in [1.82, 2.24) is 0 Å². The molecule has 0 radical (unpaired) electrons. The Morgan fingerprint density at radius 3 is 2.33 bits per heavy atom. The fourth-order valence-corrected chi connectivity index (χ4v) is 4.07. The second kappa shape index (κ2) is 6.41. The number of ether oxygens (including phenoxy) is 1. The minimum atomic E-state index is 0.115. The molecule has 2 nitrogen and oxygen atoms in total. The number of carbonyl (C=O) groups excluding carboxylic acids is 1. The van der Waals surface area contributed by atoms with Gasteiger partial charge in [-0.15, -0.1) is 0 Å². The van der Waals surface area contributed by atoms with Gasteiger partial charge in [0.2, 0.25) is 0 Å². The fourth-order valence-electron chi connectivity index (χ4n) is 2.52. The lowest BCUT2D eigenvalue weighted by molar-refractivity contribution is 0.101. The molecule has 2 rings (SSSR count). The number of hydrogen-bond acceptors (Lipinski definition) is 2. The molecule has 0 saturated carbocycles. The van der Waals surface area contributed by atoms with Crippen LogP contribution in [0.15, 0.2) is 30.3 Å². The zero-order chi connectivity index (χ0) is 15.6. The Labute approximate surface area is 128 Å². The Morgan fingerprint density at radius 1 is 1.00 bits per heavy atom. The summed E-state index contributed by atoms with van der Waals surface area (Å²) >= 11 is 0. The SMILES string of the molecule is COc1c(C)cc(C)cc1Pc1ccc(C)cc1C(C)=O. The molecule has 3 heteroatoms. The number of hydrogen-bond donors (Lipinski definition) is 0. The molecule has 1 atom stereocenters. The van der Waals surface area contributed by atoms with Crippen LogP contribution in [0.2, 0.25) is 0 Å². The van der Waals surface area contributed by atoms with Gasteiger partial charge in [0.15, 0.2) is 5.78 Å². The maximum Gasteiger partial charge on any atom is 0.160 e. The minimum absolute atomic E-state index is 0.115. The number of carbonyl (C=O) groups is 1. The average molecular weight is 300 g/mol. The van der Waals surface area contributed by atoms with Crippen LogP contribution in [0.25, 0.3) is 0 Å². The Bertz CT molecular complexity index is 690. The lowest BCUT2D eigenvalue weighted by Crippen LogP contribution is -2.15. The first-order valence-electron chi connectivity index (χ1n) is 6.96. The summed E-state index contributed by atoms with van der Waals surface area (Å²) in [7, 11) is 2.12. The van der Waals surface area contributed by atoms with Crippen LogP contribution in [-0.4, -0.2) is 12.9 Å². The second-order valence-electron chi connectivity index (χ2n) is 5.39. The van der Waals surface area contributed by atoms with Gasteiger partial charge in [-0.3, -0.25) is 4.79 Å². The van der Waals surface area contributed by atoms with Crippen LogP contribution in [-0.2, 0) is 0 Å². The predicted octanol–water partition coefficient (Wildman–Crippen LogP) is 3.45. The van der Waals surface area contributed by atoms with Crippen molar-refractivity contribution >= 4 is 25.0 Å².